The quantitative estimate of drug-likeness (QED) is 0.637. The van der Waals surface area contributed by atoms with Gasteiger partial charge in [0.05, 0.1) is 21.2 Å². The monoisotopic (exact) mass is 437 g/mol. The number of aromatic nitrogens is 2. The third kappa shape index (κ3) is 4.65. The van der Waals surface area contributed by atoms with Crippen LogP contribution >= 0.6 is 0 Å². The van der Waals surface area contributed by atoms with Gasteiger partial charge in [-0.1, -0.05) is 6.07 Å². The summed E-state index contributed by atoms with van der Waals surface area (Å²) in [5, 5.41) is 2.95. The first-order chi connectivity index (χ1) is 13.5. The van der Waals surface area contributed by atoms with Gasteiger partial charge in [-0.3, -0.25) is 0 Å². The average Bonchev–Trinajstić information content (AvgIpc) is 3.04. The molecular weight excluding hydrogens is 417 g/mol. The van der Waals surface area contributed by atoms with Gasteiger partial charge < -0.3 is 9.88 Å². The summed E-state index contributed by atoms with van der Waals surface area (Å²) in [6.45, 7) is 1.92. The van der Waals surface area contributed by atoms with Crippen LogP contribution in [0.15, 0.2) is 58.6 Å². The maximum atomic E-state index is 14.5. The van der Waals surface area contributed by atoms with Crippen LogP contribution in [0.3, 0.4) is 0 Å². The Hall–Kier alpha value is -2.72. The zero-order valence-electron chi connectivity index (χ0n) is 16.0. The third-order valence-electron chi connectivity index (χ3n) is 4.36. The number of hydrogen-bond acceptors (Lipinski definition) is 6. The lowest BCUT2D eigenvalue weighted by Crippen LogP contribution is -2.09. The Balaban J connectivity index is 1.88. The Morgan fingerprint density at radius 1 is 1.03 bits per heavy atom. The molecule has 0 spiro atoms. The highest BCUT2D eigenvalue weighted by Gasteiger charge is 2.18. The van der Waals surface area contributed by atoms with Crippen LogP contribution < -0.4 is 5.32 Å². The van der Waals surface area contributed by atoms with E-state index in [2.05, 4.69) is 10.3 Å². The molecule has 0 saturated carbocycles. The van der Waals surface area contributed by atoms with Gasteiger partial charge in [-0.15, -0.1) is 0 Å². The third-order valence-corrected chi connectivity index (χ3v) is 6.61. The summed E-state index contributed by atoms with van der Waals surface area (Å²) in [6.07, 6.45) is 5.25. The van der Waals surface area contributed by atoms with E-state index in [9.17, 15) is 21.2 Å². The van der Waals surface area contributed by atoms with Crippen LogP contribution in [0.4, 0.5) is 10.1 Å². The maximum absolute atomic E-state index is 14.5. The van der Waals surface area contributed by atoms with E-state index in [1.807, 2.05) is 0 Å². The molecule has 0 bridgehead atoms. The summed E-state index contributed by atoms with van der Waals surface area (Å²) in [4.78, 5) is 3.85. The van der Waals surface area contributed by atoms with Crippen LogP contribution in [0.1, 0.15) is 11.4 Å². The van der Waals surface area contributed by atoms with Gasteiger partial charge in [0.1, 0.15) is 11.6 Å². The molecule has 3 rings (SSSR count). The number of nitrogens with one attached hydrogen (secondary N) is 1. The van der Waals surface area contributed by atoms with E-state index in [1.54, 1.807) is 36.0 Å². The molecule has 0 aliphatic carbocycles. The Morgan fingerprint density at radius 2 is 1.76 bits per heavy atom. The van der Waals surface area contributed by atoms with Crippen molar-refractivity contribution in [3.05, 3.63) is 66.0 Å². The number of hydrogen-bond donors (Lipinski definition) is 1. The minimum atomic E-state index is -3.68. The van der Waals surface area contributed by atoms with Gasteiger partial charge >= 0.3 is 0 Å². The van der Waals surface area contributed by atoms with Crippen molar-refractivity contribution in [1.82, 2.24) is 9.55 Å². The van der Waals surface area contributed by atoms with Crippen LogP contribution in [-0.4, -0.2) is 38.9 Å². The summed E-state index contributed by atoms with van der Waals surface area (Å²) >= 11 is 0. The van der Waals surface area contributed by atoms with E-state index < -0.39 is 25.5 Å². The summed E-state index contributed by atoms with van der Waals surface area (Å²) in [6, 6.07) is 8.54. The fraction of sp³-hybridized carbons (Fsp3) is 0.211. The number of anilines is 1. The highest BCUT2D eigenvalue weighted by Crippen LogP contribution is 2.26. The first-order valence-corrected chi connectivity index (χ1v) is 12.3. The minimum absolute atomic E-state index is 0.0884. The molecule has 0 atom stereocenters. The van der Waals surface area contributed by atoms with Crippen LogP contribution in [0, 0.1) is 12.7 Å². The van der Waals surface area contributed by atoms with E-state index in [0.717, 1.165) is 18.6 Å². The molecule has 1 heterocycles. The Bertz CT molecular complexity index is 1280. The van der Waals surface area contributed by atoms with Crippen LogP contribution in [0.25, 0.3) is 5.69 Å². The molecule has 0 aliphatic rings. The van der Waals surface area contributed by atoms with Gasteiger partial charge in [0.2, 0.25) is 0 Å². The maximum Gasteiger partial charge on any atom is 0.177 e. The SMILES string of the molecule is Cc1nccn1-c1ccc(CNc2ccc(S(C)(=O)=O)cc2S(C)(=O)=O)cc1F. The zero-order valence-corrected chi connectivity index (χ0v) is 17.7. The molecule has 10 heteroatoms. The molecule has 1 N–H and O–H groups in total. The van der Waals surface area contributed by atoms with E-state index in [4.69, 9.17) is 0 Å². The molecular formula is C19H20FN3O4S2. The molecule has 0 amide bonds. The second-order valence-electron chi connectivity index (χ2n) is 6.69. The van der Waals surface area contributed by atoms with Crippen LogP contribution in [0.2, 0.25) is 0 Å². The molecule has 0 aliphatic heterocycles. The predicted octanol–water partition coefficient (Wildman–Crippen LogP) is 2.74. The molecule has 1 aromatic heterocycles. The van der Waals surface area contributed by atoms with Crippen molar-refractivity contribution in [3.63, 3.8) is 0 Å². The summed E-state index contributed by atoms with van der Waals surface area (Å²) < 4.78 is 63.8. The number of halogens is 1. The zero-order chi connectivity index (χ0) is 21.4. The van der Waals surface area contributed by atoms with E-state index in [-0.39, 0.29) is 22.0 Å². The van der Waals surface area contributed by atoms with Gasteiger partial charge in [-0.05, 0) is 42.8 Å². The Labute approximate surface area is 169 Å². The van der Waals surface area contributed by atoms with Crippen LogP contribution in [-0.2, 0) is 26.2 Å². The summed E-state index contributed by atoms with van der Waals surface area (Å²) in [5.74, 6) is 0.208. The fourth-order valence-corrected chi connectivity index (χ4v) is 4.47. The number of benzene rings is 2. The van der Waals surface area contributed by atoms with Gasteiger partial charge in [-0.25, -0.2) is 26.2 Å². The normalized spacial score (nSPS) is 12.1. The highest BCUT2D eigenvalue weighted by molar-refractivity contribution is 7.91. The van der Waals surface area contributed by atoms with E-state index in [1.165, 1.54) is 18.2 Å². The van der Waals surface area contributed by atoms with E-state index in [0.29, 0.717) is 17.1 Å². The topological polar surface area (TPSA) is 98.1 Å². The number of nitrogens with zero attached hydrogens (tertiary/aromatic N) is 2. The van der Waals surface area contributed by atoms with Crippen molar-refractivity contribution in [2.24, 2.45) is 0 Å². The van der Waals surface area contributed by atoms with Crippen molar-refractivity contribution >= 4 is 25.4 Å². The molecule has 154 valence electrons. The Kier molecular flexibility index (Phi) is 5.50. The first kappa shape index (κ1) is 21.0. The molecule has 2 aromatic carbocycles. The molecule has 0 saturated heterocycles. The second-order valence-corrected chi connectivity index (χ2v) is 10.7. The largest absolute Gasteiger partial charge is 0.380 e. The lowest BCUT2D eigenvalue weighted by Gasteiger charge is -2.13. The lowest BCUT2D eigenvalue weighted by atomic mass is 10.2. The van der Waals surface area contributed by atoms with Crippen molar-refractivity contribution in [1.29, 1.82) is 0 Å². The Morgan fingerprint density at radius 3 is 2.31 bits per heavy atom. The van der Waals surface area contributed by atoms with Crippen molar-refractivity contribution in [2.75, 3.05) is 17.8 Å². The van der Waals surface area contributed by atoms with Crippen molar-refractivity contribution in [3.8, 4) is 5.69 Å². The number of aryl methyl sites for hydroxylation is 1. The summed E-state index contributed by atoms with van der Waals surface area (Å²) in [5.41, 5.74) is 1.20. The number of sulfone groups is 2. The second kappa shape index (κ2) is 7.60. The van der Waals surface area contributed by atoms with Crippen molar-refractivity contribution in [2.45, 2.75) is 23.3 Å². The highest BCUT2D eigenvalue weighted by atomic mass is 32.2. The van der Waals surface area contributed by atoms with Crippen LogP contribution in [0.5, 0.6) is 0 Å². The molecule has 29 heavy (non-hydrogen) atoms. The van der Waals surface area contributed by atoms with Crippen molar-refractivity contribution < 1.29 is 21.2 Å². The number of rotatable bonds is 6. The summed E-state index contributed by atoms with van der Waals surface area (Å²) in [7, 11) is -7.24. The fourth-order valence-electron chi connectivity index (χ4n) is 2.87. The van der Waals surface area contributed by atoms with Gasteiger partial charge in [-0.2, -0.15) is 0 Å². The molecule has 0 radical (unpaired) electrons. The smallest absolute Gasteiger partial charge is 0.177 e. The first-order valence-electron chi connectivity index (χ1n) is 8.53. The van der Waals surface area contributed by atoms with Gasteiger partial charge in [0.25, 0.3) is 0 Å². The molecule has 7 nitrogen and oxygen atoms in total. The van der Waals surface area contributed by atoms with Gasteiger partial charge in [0, 0.05) is 31.4 Å². The number of imidazole rings is 1. The lowest BCUT2D eigenvalue weighted by molar-refractivity contribution is 0.600. The predicted molar refractivity (Wildman–Crippen MR) is 108 cm³/mol. The molecule has 3 aromatic rings. The van der Waals surface area contributed by atoms with E-state index >= 15 is 0 Å². The standard InChI is InChI=1S/C19H20FN3O4S2/c1-13-21-8-9-23(13)18-7-4-14(10-16(18)20)12-22-17-6-5-15(28(2,24)25)11-19(17)29(3,26)27/h4-11,22H,12H2,1-3H3. The minimum Gasteiger partial charge on any atom is -0.380 e. The average molecular weight is 438 g/mol. The molecule has 0 unspecified atom stereocenters. The van der Waals surface area contributed by atoms with Gasteiger partial charge in [0.15, 0.2) is 19.7 Å². The molecule has 0 fully saturated rings.